The van der Waals surface area contributed by atoms with Crippen molar-refractivity contribution in [2.75, 3.05) is 20.1 Å². The van der Waals surface area contributed by atoms with Crippen molar-refractivity contribution in [3.8, 4) is 0 Å². The minimum Gasteiger partial charge on any atom is -0.352 e. The zero-order valence-electron chi connectivity index (χ0n) is 11.7. The van der Waals surface area contributed by atoms with Crippen molar-refractivity contribution < 1.29 is 4.79 Å². The summed E-state index contributed by atoms with van der Waals surface area (Å²) in [6.45, 7) is 3.91. The molecule has 0 spiro atoms. The number of nitrogens with one attached hydrogen (secondary N) is 2. The second-order valence-electron chi connectivity index (χ2n) is 5.99. The summed E-state index contributed by atoms with van der Waals surface area (Å²) in [6, 6.07) is 1.58. The fourth-order valence-corrected chi connectivity index (χ4v) is 2.60. The maximum atomic E-state index is 11.7. The molecule has 2 atom stereocenters. The van der Waals surface area contributed by atoms with Crippen molar-refractivity contribution in [2.45, 2.75) is 63.6 Å². The van der Waals surface area contributed by atoms with E-state index in [1.54, 1.807) is 0 Å². The van der Waals surface area contributed by atoms with Gasteiger partial charge >= 0.3 is 0 Å². The molecule has 1 saturated heterocycles. The van der Waals surface area contributed by atoms with E-state index in [2.05, 4.69) is 29.5 Å². The number of amides is 1. The molecule has 4 nitrogen and oxygen atoms in total. The molecule has 4 heteroatoms. The number of carbonyl (C=O) groups excluding carboxylic acids is 1. The Bertz CT molecular complexity index is 272. The van der Waals surface area contributed by atoms with Gasteiger partial charge in [0.15, 0.2) is 0 Å². The van der Waals surface area contributed by atoms with Gasteiger partial charge in [-0.25, -0.2) is 0 Å². The molecule has 2 unspecified atom stereocenters. The highest BCUT2D eigenvalue weighted by molar-refractivity contribution is 5.78. The lowest BCUT2D eigenvalue weighted by atomic mass is 9.98. The van der Waals surface area contributed by atoms with Gasteiger partial charge in [-0.05, 0) is 52.6 Å². The maximum Gasteiger partial charge on any atom is 0.234 e. The van der Waals surface area contributed by atoms with E-state index in [1.807, 2.05) is 0 Å². The van der Waals surface area contributed by atoms with Crippen LogP contribution in [0.2, 0.25) is 0 Å². The predicted molar refractivity (Wildman–Crippen MR) is 73.5 cm³/mol. The Morgan fingerprint density at radius 2 is 2.17 bits per heavy atom. The number of hydrogen-bond donors (Lipinski definition) is 2. The van der Waals surface area contributed by atoms with Crippen molar-refractivity contribution in [2.24, 2.45) is 0 Å². The third-order valence-electron chi connectivity index (χ3n) is 4.13. The van der Waals surface area contributed by atoms with E-state index < -0.39 is 0 Å². The fourth-order valence-electron chi connectivity index (χ4n) is 2.60. The lowest BCUT2D eigenvalue weighted by Gasteiger charge is -2.30. The van der Waals surface area contributed by atoms with Crippen LogP contribution < -0.4 is 10.6 Å². The summed E-state index contributed by atoms with van der Waals surface area (Å²) < 4.78 is 0. The first kappa shape index (κ1) is 13.8. The van der Waals surface area contributed by atoms with Crippen molar-refractivity contribution in [3.63, 3.8) is 0 Å². The Kier molecular flexibility index (Phi) is 5.01. The molecule has 0 radical (unpaired) electrons. The fraction of sp³-hybridized carbons (Fsp3) is 0.929. The Balaban J connectivity index is 1.66. The maximum absolute atomic E-state index is 11.7. The van der Waals surface area contributed by atoms with Crippen LogP contribution in [-0.2, 0) is 4.79 Å². The van der Waals surface area contributed by atoms with Crippen LogP contribution in [-0.4, -0.2) is 49.1 Å². The summed E-state index contributed by atoms with van der Waals surface area (Å²) in [5, 5.41) is 6.62. The van der Waals surface area contributed by atoms with Crippen molar-refractivity contribution in [3.05, 3.63) is 0 Å². The van der Waals surface area contributed by atoms with E-state index in [0.29, 0.717) is 24.7 Å². The molecular weight excluding hydrogens is 226 g/mol. The molecule has 1 heterocycles. The molecule has 0 bridgehead atoms. The molecule has 0 aromatic carbocycles. The number of hydrogen-bond acceptors (Lipinski definition) is 3. The highest BCUT2D eigenvalue weighted by Gasteiger charge is 2.25. The molecule has 2 aliphatic rings. The molecule has 2 rings (SSSR count). The highest BCUT2D eigenvalue weighted by atomic mass is 16.2. The lowest BCUT2D eigenvalue weighted by Crippen LogP contribution is -2.44. The van der Waals surface area contributed by atoms with Crippen LogP contribution in [0.5, 0.6) is 0 Å². The van der Waals surface area contributed by atoms with E-state index in [1.165, 1.54) is 19.3 Å². The summed E-state index contributed by atoms with van der Waals surface area (Å²) in [7, 11) is 2.06. The first-order valence-corrected chi connectivity index (χ1v) is 7.38. The molecule has 1 aliphatic carbocycles. The van der Waals surface area contributed by atoms with Gasteiger partial charge in [0.05, 0.1) is 6.54 Å². The quantitative estimate of drug-likeness (QED) is 0.745. The summed E-state index contributed by atoms with van der Waals surface area (Å²) in [5.74, 6) is 0.184. The van der Waals surface area contributed by atoms with Crippen molar-refractivity contribution in [1.29, 1.82) is 0 Å². The monoisotopic (exact) mass is 253 g/mol. The number of piperidine rings is 1. The second kappa shape index (κ2) is 6.53. The van der Waals surface area contributed by atoms with Crippen LogP contribution in [0.4, 0.5) is 0 Å². The Labute approximate surface area is 110 Å². The van der Waals surface area contributed by atoms with E-state index in [0.717, 1.165) is 25.8 Å². The van der Waals surface area contributed by atoms with E-state index in [9.17, 15) is 4.79 Å². The number of likely N-dealkylation sites (N-methyl/N-ethyl adjacent to an activating group) is 1. The van der Waals surface area contributed by atoms with E-state index >= 15 is 0 Å². The van der Waals surface area contributed by atoms with Crippen LogP contribution >= 0.6 is 0 Å². The molecular formula is C14H27N3O. The van der Waals surface area contributed by atoms with Gasteiger partial charge in [-0.3, -0.25) is 9.69 Å². The lowest BCUT2D eigenvalue weighted by molar-refractivity contribution is -0.122. The van der Waals surface area contributed by atoms with Gasteiger partial charge in [0, 0.05) is 18.1 Å². The van der Waals surface area contributed by atoms with Gasteiger partial charge in [0.25, 0.3) is 0 Å². The van der Waals surface area contributed by atoms with Crippen LogP contribution in [0.3, 0.4) is 0 Å². The molecule has 0 aromatic heterocycles. The van der Waals surface area contributed by atoms with Crippen LogP contribution in [0.1, 0.15) is 45.4 Å². The van der Waals surface area contributed by atoms with Gasteiger partial charge in [0.1, 0.15) is 0 Å². The predicted octanol–water partition coefficient (Wildman–Crippen LogP) is 1.12. The number of rotatable bonds is 6. The molecule has 104 valence electrons. The summed E-state index contributed by atoms with van der Waals surface area (Å²) in [4.78, 5) is 13.9. The van der Waals surface area contributed by atoms with E-state index in [4.69, 9.17) is 0 Å². The molecule has 0 aromatic rings. The zero-order chi connectivity index (χ0) is 13.0. The van der Waals surface area contributed by atoms with Crippen LogP contribution in [0, 0.1) is 0 Å². The largest absolute Gasteiger partial charge is 0.352 e. The standard InChI is InChI=1S/C14H27N3O/c1-11(9-13-5-3-4-8-15-13)17(2)10-14(18)16-12-6-7-12/h11-13,15H,3-10H2,1-2H3,(H,16,18). The number of carbonyl (C=O) groups is 1. The third kappa shape index (κ3) is 4.58. The Hall–Kier alpha value is -0.610. The summed E-state index contributed by atoms with van der Waals surface area (Å²) in [6.07, 6.45) is 7.41. The van der Waals surface area contributed by atoms with E-state index in [-0.39, 0.29) is 5.91 Å². The SMILES string of the molecule is CC(CC1CCCCN1)N(C)CC(=O)NC1CC1. The van der Waals surface area contributed by atoms with Gasteiger partial charge in [-0.2, -0.15) is 0 Å². The summed E-state index contributed by atoms with van der Waals surface area (Å²) >= 11 is 0. The second-order valence-corrected chi connectivity index (χ2v) is 5.99. The number of nitrogens with zero attached hydrogens (tertiary/aromatic N) is 1. The molecule has 1 saturated carbocycles. The summed E-state index contributed by atoms with van der Waals surface area (Å²) in [5.41, 5.74) is 0. The van der Waals surface area contributed by atoms with Crippen molar-refractivity contribution >= 4 is 5.91 Å². The minimum atomic E-state index is 0.184. The van der Waals surface area contributed by atoms with Gasteiger partial charge in [-0.15, -0.1) is 0 Å². The van der Waals surface area contributed by atoms with Gasteiger partial charge in [0.2, 0.25) is 5.91 Å². The zero-order valence-corrected chi connectivity index (χ0v) is 11.7. The Morgan fingerprint density at radius 3 is 2.78 bits per heavy atom. The molecule has 1 aliphatic heterocycles. The minimum absolute atomic E-state index is 0.184. The van der Waals surface area contributed by atoms with Gasteiger partial charge < -0.3 is 10.6 Å². The van der Waals surface area contributed by atoms with Gasteiger partial charge in [-0.1, -0.05) is 6.42 Å². The first-order valence-electron chi connectivity index (χ1n) is 7.38. The van der Waals surface area contributed by atoms with Crippen molar-refractivity contribution in [1.82, 2.24) is 15.5 Å². The normalized spacial score (nSPS) is 26.1. The first-order chi connectivity index (χ1) is 8.65. The smallest absolute Gasteiger partial charge is 0.234 e. The average Bonchev–Trinajstić information content (AvgIpc) is 3.14. The highest BCUT2D eigenvalue weighted by Crippen LogP contribution is 2.18. The third-order valence-corrected chi connectivity index (χ3v) is 4.13. The average molecular weight is 253 g/mol. The van der Waals surface area contributed by atoms with Crippen LogP contribution in [0.25, 0.3) is 0 Å². The molecule has 18 heavy (non-hydrogen) atoms. The molecule has 2 N–H and O–H groups in total. The van der Waals surface area contributed by atoms with Crippen LogP contribution in [0.15, 0.2) is 0 Å². The topological polar surface area (TPSA) is 44.4 Å². The Morgan fingerprint density at radius 1 is 1.39 bits per heavy atom. The molecule has 1 amide bonds. The molecule has 2 fully saturated rings.